The first-order chi connectivity index (χ1) is 57.2. The summed E-state index contributed by atoms with van der Waals surface area (Å²) in [6.45, 7) is 2.36. The molecule has 0 unspecified atom stereocenters. The molecule has 32 heteroatoms. The predicted octanol–water partition coefficient (Wildman–Crippen LogP) is 16.9. The van der Waals surface area contributed by atoms with Gasteiger partial charge in [0.25, 0.3) is 0 Å². The van der Waals surface area contributed by atoms with Gasteiger partial charge in [0.2, 0.25) is 19.1 Å². The SMILES string of the molecule is COc1cc2nc(=S)n(CCCC(=O)c3cccc(-c4ccc5nonc5c4)n3)c(N)c2cc1OC.COc1cc2nc(=S)n(CCc3cn(C)c4ccccc34)c(N)c2cc1OC.COc1ccc2[nH]cc(CCn3c(N)c4cc(OC)c(OC)cc4nc3=S)c2c1.COc1ccc2nc(=S)n(CCc3c[nH]c4ccccc34)c(N)c2c1. The van der Waals surface area contributed by atoms with E-state index in [1.165, 1.54) is 27.4 Å². The van der Waals surface area contributed by atoms with Gasteiger partial charge in [0.05, 0.1) is 84.6 Å². The summed E-state index contributed by atoms with van der Waals surface area (Å²) in [5, 5.41) is 14.4. The van der Waals surface area contributed by atoms with Crippen molar-refractivity contribution in [2.45, 2.75) is 58.3 Å². The molecule has 602 valence electrons. The first-order valence-electron chi connectivity index (χ1n) is 37.3. The molecule has 0 spiro atoms. The largest absolute Gasteiger partial charge is 0.497 e. The van der Waals surface area contributed by atoms with Crippen LogP contribution in [-0.2, 0) is 52.5 Å². The molecule has 0 saturated heterocycles. The second-order valence-corrected chi connectivity index (χ2v) is 28.8. The van der Waals surface area contributed by atoms with Crippen molar-refractivity contribution in [3.8, 4) is 57.3 Å². The second kappa shape index (κ2) is 35.7. The molecule has 0 saturated carbocycles. The number of carbonyl (C=O) groups is 1. The van der Waals surface area contributed by atoms with Gasteiger partial charge in [-0.15, -0.1) is 0 Å². The molecular weight excluding hydrogens is 1570 g/mol. The van der Waals surface area contributed by atoms with Crippen molar-refractivity contribution in [2.24, 2.45) is 7.05 Å². The van der Waals surface area contributed by atoms with E-state index in [0.29, 0.717) is 154 Å². The Balaban J connectivity index is 0.000000130. The number of aromatic amines is 2. The fraction of sp³-hybridized carbons (Fsp3) is 0.209. The zero-order chi connectivity index (χ0) is 83.0. The van der Waals surface area contributed by atoms with E-state index < -0.39 is 0 Å². The number of nitrogens with two attached hydrogens (primary N) is 4. The molecule has 0 aliphatic heterocycles. The minimum absolute atomic E-state index is 0.0775. The van der Waals surface area contributed by atoms with Crippen molar-refractivity contribution in [2.75, 3.05) is 79.8 Å². The standard InChI is InChI=1S/C25H22N6O4S.C21H22N4O3S.C21H22N4O2S.C19H18N4OS/c1-33-22-12-15-19(13-23(22)34-2)28-25(36)31(24(15)26)10-4-7-21(32)18-6-3-5-16(27-18)14-8-9-17-20(11-14)30-35-29-17;1-26-13-4-5-16-14(8-13)12(11-23-16)6-7-25-20(22)15-9-18(27-2)19(28-3)10-17(15)24-21(25)29;1-24-12-13(14-6-4-5-7-17(14)24)8-9-25-20(22)15-10-18(26-2)19(27-3)11-16(15)23-21(25)28;1-24-13-6-7-17-15(10-13)18(20)23(19(25)22-17)9-8-12-11-21-16-5-3-2-4-14(12)16/h3,5-6,8-9,11-13H,4,7,10,26H2,1-2H3;4-5,8-11,23H,6-7,22H2,1-3H3;4-7,10-12H,8-9,22H2,1-3H3;2-7,10-11,21H,8-9,20H2,1H3. The smallest absolute Gasteiger partial charge is 0.201 e. The Morgan fingerprint density at radius 3 is 1.36 bits per heavy atom. The Hall–Kier alpha value is -13.6. The van der Waals surface area contributed by atoms with Gasteiger partial charge in [-0.25, -0.2) is 29.5 Å². The predicted molar refractivity (Wildman–Crippen MR) is 472 cm³/mol. The summed E-state index contributed by atoms with van der Waals surface area (Å²) in [6, 6.07) is 49.9. The van der Waals surface area contributed by atoms with E-state index in [1.807, 2.05) is 111 Å². The average Bonchev–Trinajstić information content (AvgIpc) is 1.01. The molecule has 0 radical (unpaired) electrons. The lowest BCUT2D eigenvalue weighted by atomic mass is 10.1. The van der Waals surface area contributed by atoms with Crippen LogP contribution in [0.2, 0.25) is 0 Å². The van der Waals surface area contributed by atoms with E-state index in [0.717, 1.165) is 80.0 Å². The van der Waals surface area contributed by atoms with Crippen molar-refractivity contribution in [3.63, 3.8) is 0 Å². The van der Waals surface area contributed by atoms with E-state index in [1.54, 1.807) is 97.8 Å². The lowest BCUT2D eigenvalue weighted by Crippen LogP contribution is -2.11. The molecule has 10 N–H and O–H groups in total. The summed E-state index contributed by atoms with van der Waals surface area (Å²) in [7, 11) is 14.8. The van der Waals surface area contributed by atoms with E-state index in [-0.39, 0.29) is 12.2 Å². The molecule has 17 aromatic rings. The Morgan fingerprint density at radius 1 is 0.398 bits per heavy atom. The lowest BCUT2D eigenvalue weighted by molar-refractivity contribution is 0.0973. The van der Waals surface area contributed by atoms with E-state index in [4.69, 9.17) is 114 Å². The van der Waals surface area contributed by atoms with Crippen molar-refractivity contribution >= 4 is 165 Å². The lowest BCUT2D eigenvalue weighted by Gasteiger charge is -2.15. The summed E-state index contributed by atoms with van der Waals surface area (Å²) in [4.78, 5) is 42.2. The highest BCUT2D eigenvalue weighted by atomic mass is 32.1. The second-order valence-electron chi connectivity index (χ2n) is 27.3. The van der Waals surface area contributed by atoms with E-state index >= 15 is 0 Å². The molecule has 17 rings (SSSR count). The van der Waals surface area contributed by atoms with Gasteiger partial charge in [0, 0.05) is 136 Å². The number of anilines is 4. The number of Topliss-reactive ketones (excluding diaryl/α,β-unsaturated/α-hetero) is 1. The van der Waals surface area contributed by atoms with Crippen molar-refractivity contribution in [1.82, 2.24) is 68.0 Å². The van der Waals surface area contributed by atoms with Gasteiger partial charge in [-0.2, -0.15) is 0 Å². The van der Waals surface area contributed by atoms with Gasteiger partial charge < -0.3 is 93.6 Å². The van der Waals surface area contributed by atoms with Gasteiger partial charge in [0.1, 0.15) is 51.5 Å². The molecule has 9 heterocycles. The van der Waals surface area contributed by atoms with Crippen LogP contribution in [0.25, 0.3) is 98.6 Å². The number of para-hydroxylation sites is 2. The molecule has 118 heavy (non-hydrogen) atoms. The molecule has 0 atom stereocenters. The van der Waals surface area contributed by atoms with Crippen LogP contribution in [0.15, 0.2) is 181 Å². The third-order valence-corrected chi connectivity index (χ3v) is 21.8. The third kappa shape index (κ3) is 16.8. The van der Waals surface area contributed by atoms with Gasteiger partial charge in [-0.3, -0.25) is 4.79 Å². The normalized spacial score (nSPS) is 11.2. The topological polar surface area (TPSA) is 355 Å². The van der Waals surface area contributed by atoms with Crippen molar-refractivity contribution < 1.29 is 47.3 Å². The zero-order valence-electron chi connectivity index (χ0n) is 66.0. The Labute approximate surface area is 696 Å². The number of nitrogens with one attached hydrogen (secondary N) is 2. The molecular formula is C86H84N18O10S4. The maximum atomic E-state index is 12.9. The van der Waals surface area contributed by atoms with Crippen LogP contribution < -0.4 is 60.8 Å². The number of hydrogen-bond donors (Lipinski definition) is 6. The summed E-state index contributed by atoms with van der Waals surface area (Å²) in [5.41, 5.74) is 38.7. The Kier molecular flexibility index (Phi) is 24.5. The highest BCUT2D eigenvalue weighted by molar-refractivity contribution is 7.71. The fourth-order valence-electron chi connectivity index (χ4n) is 14.3. The molecule has 9 aromatic heterocycles. The minimum atomic E-state index is -0.0775. The maximum absolute atomic E-state index is 12.9. The summed E-state index contributed by atoms with van der Waals surface area (Å²) < 4.78 is 58.8. The number of fused-ring (bicyclic) bond motifs is 8. The molecule has 0 aliphatic carbocycles. The number of nitrogen functional groups attached to an aromatic ring is 4. The average molecular weight is 1660 g/mol. The molecule has 0 amide bonds. The van der Waals surface area contributed by atoms with Gasteiger partial charge in [-0.1, -0.05) is 48.5 Å². The Bertz CT molecular complexity index is 6930. The number of H-pyrrole nitrogens is 2. The molecule has 8 aromatic carbocycles. The number of ether oxygens (including phenoxy) is 8. The zero-order valence-corrected chi connectivity index (χ0v) is 69.3. The number of nitrogens with zero attached hydrogens (tertiary/aromatic N) is 12. The summed E-state index contributed by atoms with van der Waals surface area (Å²) in [5.74, 6) is 7.19. The number of ketones is 1. The number of rotatable bonds is 23. The first-order valence-corrected chi connectivity index (χ1v) is 38.9. The van der Waals surface area contributed by atoms with Crippen LogP contribution >= 0.6 is 48.9 Å². The number of aromatic nitrogens is 14. The van der Waals surface area contributed by atoms with Crippen LogP contribution in [0.5, 0.6) is 46.0 Å². The highest BCUT2D eigenvalue weighted by Crippen LogP contribution is 2.38. The number of benzene rings is 8. The first kappa shape index (κ1) is 81.0. The number of carbonyl (C=O) groups excluding carboxylic acids is 1. The monoisotopic (exact) mass is 1660 g/mol. The minimum Gasteiger partial charge on any atom is -0.497 e. The molecule has 0 aliphatic rings. The molecule has 0 bridgehead atoms. The number of aryl methyl sites for hydroxylation is 4. The quantitative estimate of drug-likeness (QED) is 0.0256. The Morgan fingerprint density at radius 2 is 0.831 bits per heavy atom. The summed E-state index contributed by atoms with van der Waals surface area (Å²) >= 11 is 21.9. The van der Waals surface area contributed by atoms with Crippen LogP contribution in [0.4, 0.5) is 23.3 Å². The van der Waals surface area contributed by atoms with Gasteiger partial charge >= 0.3 is 0 Å². The van der Waals surface area contributed by atoms with Crippen LogP contribution in [0, 0.1) is 19.1 Å². The van der Waals surface area contributed by atoms with Gasteiger partial charge in [0.15, 0.2) is 40.3 Å². The third-order valence-electron chi connectivity index (χ3n) is 20.6. The highest BCUT2D eigenvalue weighted by Gasteiger charge is 2.20. The number of pyridine rings is 1. The van der Waals surface area contributed by atoms with Crippen LogP contribution in [0.1, 0.15) is 40.0 Å². The maximum Gasteiger partial charge on any atom is 0.201 e. The van der Waals surface area contributed by atoms with E-state index in [9.17, 15) is 4.79 Å². The number of methoxy groups -OCH3 is 8. The van der Waals surface area contributed by atoms with Crippen LogP contribution in [-0.4, -0.2) is 131 Å². The molecule has 28 nitrogen and oxygen atoms in total. The summed E-state index contributed by atoms with van der Waals surface area (Å²) in [6.07, 6.45) is 9.36. The number of hydrogen-bond acceptors (Lipinski definition) is 25. The fourth-order valence-corrected chi connectivity index (χ4v) is 15.5. The van der Waals surface area contributed by atoms with Crippen LogP contribution in [0.3, 0.4) is 0 Å². The van der Waals surface area contributed by atoms with Crippen molar-refractivity contribution in [3.05, 3.63) is 218 Å². The van der Waals surface area contributed by atoms with Crippen molar-refractivity contribution in [1.29, 1.82) is 0 Å². The van der Waals surface area contributed by atoms with Gasteiger partial charge in [-0.05, 0) is 193 Å². The van der Waals surface area contributed by atoms with E-state index in [2.05, 4.69) is 99.4 Å². The molecule has 0 fully saturated rings.